The van der Waals surface area contributed by atoms with Gasteiger partial charge in [0, 0.05) is 11.6 Å². The van der Waals surface area contributed by atoms with Crippen LogP contribution >= 0.6 is 0 Å². The summed E-state index contributed by atoms with van der Waals surface area (Å²) in [6, 6.07) is 13.2. The SMILES string of the molecule is C#Cc1ccccc1Nc1ccc(OC)cc1OC. The number of terminal acetylenes is 1. The molecule has 0 aliphatic heterocycles. The monoisotopic (exact) mass is 253 g/mol. The van der Waals surface area contributed by atoms with Gasteiger partial charge < -0.3 is 14.8 Å². The van der Waals surface area contributed by atoms with Crippen LogP contribution in [0.4, 0.5) is 11.4 Å². The fourth-order valence-corrected chi connectivity index (χ4v) is 1.76. The number of benzene rings is 2. The highest BCUT2D eigenvalue weighted by molar-refractivity contribution is 5.71. The highest BCUT2D eigenvalue weighted by Crippen LogP contribution is 2.32. The summed E-state index contributed by atoms with van der Waals surface area (Å²) in [5, 5.41) is 3.27. The first-order valence-electron chi connectivity index (χ1n) is 5.83. The lowest BCUT2D eigenvalue weighted by atomic mass is 10.1. The number of hydrogen-bond acceptors (Lipinski definition) is 3. The highest BCUT2D eigenvalue weighted by atomic mass is 16.5. The normalized spacial score (nSPS) is 9.53. The third-order valence-corrected chi connectivity index (χ3v) is 2.76. The van der Waals surface area contributed by atoms with Gasteiger partial charge in [0.05, 0.1) is 25.6 Å². The molecule has 0 aromatic heterocycles. The molecule has 0 saturated carbocycles. The Morgan fingerprint density at radius 1 is 1.00 bits per heavy atom. The molecular formula is C16H15NO2. The standard InChI is InChI=1S/C16H15NO2/c1-4-12-7-5-6-8-14(12)17-15-10-9-13(18-2)11-16(15)19-3/h1,5-11,17H,2-3H3. The molecule has 0 aliphatic rings. The fraction of sp³-hybridized carbons (Fsp3) is 0.125. The first-order valence-corrected chi connectivity index (χ1v) is 5.83. The molecule has 19 heavy (non-hydrogen) atoms. The Kier molecular flexibility index (Phi) is 3.94. The average molecular weight is 253 g/mol. The Labute approximate surface area is 113 Å². The molecule has 0 heterocycles. The van der Waals surface area contributed by atoms with Crippen molar-refractivity contribution in [1.29, 1.82) is 0 Å². The maximum absolute atomic E-state index is 5.48. The van der Waals surface area contributed by atoms with E-state index in [1.54, 1.807) is 14.2 Å². The van der Waals surface area contributed by atoms with Crippen LogP contribution in [0.15, 0.2) is 42.5 Å². The maximum Gasteiger partial charge on any atom is 0.145 e. The number of anilines is 2. The van der Waals surface area contributed by atoms with E-state index in [-0.39, 0.29) is 0 Å². The quantitative estimate of drug-likeness (QED) is 0.847. The number of para-hydroxylation sites is 1. The topological polar surface area (TPSA) is 30.5 Å². The number of nitrogens with one attached hydrogen (secondary N) is 1. The predicted molar refractivity (Wildman–Crippen MR) is 77.2 cm³/mol. The molecule has 2 aromatic carbocycles. The second kappa shape index (κ2) is 5.83. The van der Waals surface area contributed by atoms with Crippen LogP contribution in [-0.4, -0.2) is 14.2 Å². The van der Waals surface area contributed by atoms with Crippen molar-refractivity contribution in [2.75, 3.05) is 19.5 Å². The third-order valence-electron chi connectivity index (χ3n) is 2.76. The molecule has 0 unspecified atom stereocenters. The van der Waals surface area contributed by atoms with Crippen molar-refractivity contribution < 1.29 is 9.47 Å². The number of rotatable bonds is 4. The number of methoxy groups -OCH3 is 2. The van der Waals surface area contributed by atoms with Gasteiger partial charge in [-0.05, 0) is 24.3 Å². The minimum Gasteiger partial charge on any atom is -0.497 e. The largest absolute Gasteiger partial charge is 0.497 e. The molecule has 2 aromatic rings. The lowest BCUT2D eigenvalue weighted by molar-refractivity contribution is 0.395. The van der Waals surface area contributed by atoms with Crippen molar-refractivity contribution in [1.82, 2.24) is 0 Å². The summed E-state index contributed by atoms with van der Waals surface area (Å²) in [7, 11) is 3.24. The van der Waals surface area contributed by atoms with Gasteiger partial charge in [0.1, 0.15) is 11.5 Å². The molecule has 1 N–H and O–H groups in total. The van der Waals surface area contributed by atoms with Crippen molar-refractivity contribution >= 4 is 11.4 Å². The Balaban J connectivity index is 2.36. The second-order valence-electron chi connectivity index (χ2n) is 3.88. The second-order valence-corrected chi connectivity index (χ2v) is 3.88. The molecule has 0 aliphatic carbocycles. The van der Waals surface area contributed by atoms with E-state index >= 15 is 0 Å². The van der Waals surface area contributed by atoms with E-state index in [1.807, 2.05) is 42.5 Å². The van der Waals surface area contributed by atoms with E-state index in [2.05, 4.69) is 11.2 Å². The molecule has 2 rings (SSSR count). The van der Waals surface area contributed by atoms with Crippen LogP contribution in [0.2, 0.25) is 0 Å². The van der Waals surface area contributed by atoms with Crippen LogP contribution in [0, 0.1) is 12.3 Å². The molecule has 0 amide bonds. The van der Waals surface area contributed by atoms with Gasteiger partial charge in [-0.15, -0.1) is 6.42 Å². The molecule has 0 saturated heterocycles. The minimum atomic E-state index is 0.700. The van der Waals surface area contributed by atoms with Gasteiger partial charge >= 0.3 is 0 Å². The van der Waals surface area contributed by atoms with Crippen LogP contribution < -0.4 is 14.8 Å². The van der Waals surface area contributed by atoms with Crippen molar-refractivity contribution in [3.8, 4) is 23.8 Å². The Morgan fingerprint density at radius 2 is 1.79 bits per heavy atom. The van der Waals surface area contributed by atoms with Gasteiger partial charge in [0.25, 0.3) is 0 Å². The summed E-state index contributed by atoms with van der Waals surface area (Å²) in [6.07, 6.45) is 5.48. The van der Waals surface area contributed by atoms with Crippen LogP contribution in [-0.2, 0) is 0 Å². The van der Waals surface area contributed by atoms with E-state index in [0.29, 0.717) is 5.75 Å². The Bertz CT molecular complexity index is 614. The van der Waals surface area contributed by atoms with Crippen molar-refractivity contribution in [2.24, 2.45) is 0 Å². The number of ether oxygens (including phenoxy) is 2. The summed E-state index contributed by atoms with van der Waals surface area (Å²) >= 11 is 0. The highest BCUT2D eigenvalue weighted by Gasteiger charge is 2.06. The zero-order valence-corrected chi connectivity index (χ0v) is 10.9. The van der Waals surface area contributed by atoms with Crippen LogP contribution in [0.1, 0.15) is 5.56 Å². The third kappa shape index (κ3) is 2.80. The van der Waals surface area contributed by atoms with Crippen molar-refractivity contribution in [3.63, 3.8) is 0 Å². The number of hydrogen-bond donors (Lipinski definition) is 1. The van der Waals surface area contributed by atoms with Crippen molar-refractivity contribution in [3.05, 3.63) is 48.0 Å². The van der Waals surface area contributed by atoms with Gasteiger partial charge in [-0.1, -0.05) is 18.1 Å². The van der Waals surface area contributed by atoms with E-state index in [0.717, 1.165) is 22.7 Å². The van der Waals surface area contributed by atoms with Gasteiger partial charge in [0.2, 0.25) is 0 Å². The molecule has 0 fully saturated rings. The molecule has 0 radical (unpaired) electrons. The van der Waals surface area contributed by atoms with E-state index < -0.39 is 0 Å². The maximum atomic E-state index is 5.48. The molecule has 0 bridgehead atoms. The molecule has 3 nitrogen and oxygen atoms in total. The predicted octanol–water partition coefficient (Wildman–Crippen LogP) is 3.43. The van der Waals surface area contributed by atoms with Crippen LogP contribution in [0.25, 0.3) is 0 Å². The van der Waals surface area contributed by atoms with Crippen molar-refractivity contribution in [2.45, 2.75) is 0 Å². The van der Waals surface area contributed by atoms with Gasteiger partial charge in [0.15, 0.2) is 0 Å². The van der Waals surface area contributed by atoms with E-state index in [9.17, 15) is 0 Å². The molecular weight excluding hydrogens is 238 g/mol. The minimum absolute atomic E-state index is 0.700. The molecule has 0 atom stereocenters. The Hall–Kier alpha value is -2.60. The first kappa shape index (κ1) is 12.8. The van der Waals surface area contributed by atoms with Gasteiger partial charge in [-0.2, -0.15) is 0 Å². The van der Waals surface area contributed by atoms with E-state index in [4.69, 9.17) is 15.9 Å². The van der Waals surface area contributed by atoms with Crippen LogP contribution in [0.3, 0.4) is 0 Å². The molecule has 0 spiro atoms. The average Bonchev–Trinajstić information content (AvgIpc) is 2.48. The first-order chi connectivity index (χ1) is 9.28. The summed E-state index contributed by atoms with van der Waals surface area (Å²) in [6.45, 7) is 0. The smallest absolute Gasteiger partial charge is 0.145 e. The fourth-order valence-electron chi connectivity index (χ4n) is 1.76. The molecule has 3 heteroatoms. The summed E-state index contributed by atoms with van der Waals surface area (Å²) in [5.74, 6) is 4.09. The van der Waals surface area contributed by atoms with E-state index in [1.165, 1.54) is 0 Å². The zero-order valence-electron chi connectivity index (χ0n) is 10.9. The van der Waals surface area contributed by atoms with Gasteiger partial charge in [-0.25, -0.2) is 0 Å². The lowest BCUT2D eigenvalue weighted by Gasteiger charge is -2.13. The summed E-state index contributed by atoms with van der Waals surface area (Å²) < 4.78 is 10.5. The zero-order chi connectivity index (χ0) is 13.7. The van der Waals surface area contributed by atoms with Crippen LogP contribution in [0.5, 0.6) is 11.5 Å². The Morgan fingerprint density at radius 3 is 2.47 bits per heavy atom. The summed E-state index contributed by atoms with van der Waals surface area (Å²) in [5.41, 5.74) is 2.51. The lowest BCUT2D eigenvalue weighted by Crippen LogP contribution is -1.97. The summed E-state index contributed by atoms with van der Waals surface area (Å²) in [4.78, 5) is 0. The van der Waals surface area contributed by atoms with Gasteiger partial charge in [-0.3, -0.25) is 0 Å². The molecule has 96 valence electrons.